The molecular formula is C20H22O2. The van der Waals surface area contributed by atoms with Crippen molar-refractivity contribution in [3.63, 3.8) is 0 Å². The number of hydrogen-bond donors (Lipinski definition) is 0. The summed E-state index contributed by atoms with van der Waals surface area (Å²) in [6.45, 7) is 0.552. The number of ketones is 1. The molecule has 0 unspecified atom stereocenters. The Hall–Kier alpha value is -2.09. The van der Waals surface area contributed by atoms with E-state index in [0.717, 1.165) is 29.7 Å². The molecule has 2 nitrogen and oxygen atoms in total. The van der Waals surface area contributed by atoms with E-state index in [1.54, 1.807) is 0 Å². The molecule has 0 saturated heterocycles. The maximum atomic E-state index is 12.4. The molecule has 2 heteroatoms. The van der Waals surface area contributed by atoms with Crippen LogP contribution < -0.4 is 4.74 Å². The van der Waals surface area contributed by atoms with Gasteiger partial charge in [0.2, 0.25) is 0 Å². The predicted octanol–water partition coefficient (Wildman–Crippen LogP) is 5.03. The maximum absolute atomic E-state index is 12.4. The second-order valence-corrected chi connectivity index (χ2v) is 6.00. The Labute approximate surface area is 132 Å². The summed E-state index contributed by atoms with van der Waals surface area (Å²) < 4.78 is 5.76. The first-order valence-corrected chi connectivity index (χ1v) is 8.14. The van der Waals surface area contributed by atoms with Crippen molar-refractivity contribution in [2.75, 3.05) is 0 Å². The second kappa shape index (κ2) is 7.26. The fourth-order valence-corrected chi connectivity index (χ4v) is 3.06. The highest BCUT2D eigenvalue weighted by molar-refractivity contribution is 5.97. The van der Waals surface area contributed by atoms with Gasteiger partial charge in [0.25, 0.3) is 0 Å². The van der Waals surface area contributed by atoms with Crippen molar-refractivity contribution >= 4 is 5.78 Å². The minimum absolute atomic E-state index is 0.227. The maximum Gasteiger partial charge on any atom is 0.165 e. The third kappa shape index (κ3) is 3.76. The van der Waals surface area contributed by atoms with Gasteiger partial charge in [-0.15, -0.1) is 0 Å². The van der Waals surface area contributed by atoms with Gasteiger partial charge in [-0.2, -0.15) is 0 Å². The molecular weight excluding hydrogens is 272 g/mol. The first-order valence-electron chi connectivity index (χ1n) is 8.14. The van der Waals surface area contributed by atoms with E-state index in [0.29, 0.717) is 12.4 Å². The molecule has 0 spiro atoms. The monoisotopic (exact) mass is 294 g/mol. The SMILES string of the molecule is O=C(c1ccc(OCc2ccccc2)cc1)C1CCCCC1. The summed E-state index contributed by atoms with van der Waals surface area (Å²) in [6.07, 6.45) is 5.75. The van der Waals surface area contributed by atoms with Gasteiger partial charge in [-0.05, 0) is 42.7 Å². The Bertz CT molecular complexity index is 595. The van der Waals surface area contributed by atoms with Gasteiger partial charge in [-0.1, -0.05) is 49.6 Å². The zero-order valence-corrected chi connectivity index (χ0v) is 12.8. The average molecular weight is 294 g/mol. The van der Waals surface area contributed by atoms with Crippen LogP contribution in [-0.4, -0.2) is 5.78 Å². The summed E-state index contributed by atoms with van der Waals surface area (Å²) in [5, 5.41) is 0. The summed E-state index contributed by atoms with van der Waals surface area (Å²) in [5.41, 5.74) is 1.96. The molecule has 0 aliphatic heterocycles. The number of carbonyl (C=O) groups is 1. The molecule has 0 bridgehead atoms. The Balaban J connectivity index is 1.59. The van der Waals surface area contributed by atoms with E-state index in [1.165, 1.54) is 19.3 Å². The molecule has 0 amide bonds. The van der Waals surface area contributed by atoms with Crippen LogP contribution in [0.2, 0.25) is 0 Å². The summed E-state index contributed by atoms with van der Waals surface area (Å²) in [6, 6.07) is 17.7. The van der Waals surface area contributed by atoms with E-state index in [-0.39, 0.29) is 5.92 Å². The van der Waals surface area contributed by atoms with Crippen LogP contribution >= 0.6 is 0 Å². The third-order valence-electron chi connectivity index (χ3n) is 4.36. The van der Waals surface area contributed by atoms with E-state index in [1.807, 2.05) is 54.6 Å². The van der Waals surface area contributed by atoms with Gasteiger partial charge >= 0.3 is 0 Å². The van der Waals surface area contributed by atoms with Gasteiger partial charge in [0.1, 0.15) is 12.4 Å². The molecule has 3 rings (SSSR count). The Morgan fingerprint density at radius 1 is 0.909 bits per heavy atom. The van der Waals surface area contributed by atoms with E-state index >= 15 is 0 Å². The fraction of sp³-hybridized carbons (Fsp3) is 0.350. The number of benzene rings is 2. The lowest BCUT2D eigenvalue weighted by atomic mass is 9.84. The molecule has 0 atom stereocenters. The highest BCUT2D eigenvalue weighted by Gasteiger charge is 2.22. The summed E-state index contributed by atoms with van der Waals surface area (Å²) in [7, 11) is 0. The standard InChI is InChI=1S/C20H22O2/c21-20(17-9-5-2-6-10-17)18-11-13-19(14-12-18)22-15-16-7-3-1-4-8-16/h1,3-4,7-8,11-14,17H,2,5-6,9-10,15H2. The van der Waals surface area contributed by atoms with E-state index in [9.17, 15) is 4.79 Å². The number of hydrogen-bond acceptors (Lipinski definition) is 2. The van der Waals surface area contributed by atoms with Crippen molar-refractivity contribution in [1.82, 2.24) is 0 Å². The smallest absolute Gasteiger partial charge is 0.165 e. The number of rotatable bonds is 5. The van der Waals surface area contributed by atoms with Crippen molar-refractivity contribution in [3.05, 3.63) is 65.7 Å². The third-order valence-corrected chi connectivity index (χ3v) is 4.36. The van der Waals surface area contributed by atoms with Crippen LogP contribution in [0.15, 0.2) is 54.6 Å². The van der Waals surface area contributed by atoms with Gasteiger partial charge in [0, 0.05) is 11.5 Å². The van der Waals surface area contributed by atoms with Crippen LogP contribution in [-0.2, 0) is 6.61 Å². The van der Waals surface area contributed by atoms with Crippen molar-refractivity contribution < 1.29 is 9.53 Å². The summed E-state index contributed by atoms with van der Waals surface area (Å²) >= 11 is 0. The first-order chi connectivity index (χ1) is 10.8. The van der Waals surface area contributed by atoms with Gasteiger partial charge < -0.3 is 4.74 Å². The molecule has 0 aromatic heterocycles. The molecule has 1 fully saturated rings. The minimum atomic E-state index is 0.227. The predicted molar refractivity (Wildman–Crippen MR) is 88.1 cm³/mol. The zero-order valence-electron chi connectivity index (χ0n) is 12.8. The van der Waals surface area contributed by atoms with Crippen LogP contribution in [0.25, 0.3) is 0 Å². The molecule has 22 heavy (non-hydrogen) atoms. The van der Waals surface area contributed by atoms with Gasteiger partial charge in [-0.25, -0.2) is 0 Å². The molecule has 1 aliphatic carbocycles. The Morgan fingerprint density at radius 3 is 2.27 bits per heavy atom. The van der Waals surface area contributed by atoms with Gasteiger partial charge in [-0.3, -0.25) is 4.79 Å². The van der Waals surface area contributed by atoms with Gasteiger partial charge in [0.15, 0.2) is 5.78 Å². The van der Waals surface area contributed by atoms with Crippen LogP contribution in [0.5, 0.6) is 5.75 Å². The molecule has 1 aliphatic rings. The number of carbonyl (C=O) groups excluding carboxylic acids is 1. The van der Waals surface area contributed by atoms with Crippen LogP contribution in [0, 0.1) is 5.92 Å². The Morgan fingerprint density at radius 2 is 1.59 bits per heavy atom. The lowest BCUT2D eigenvalue weighted by molar-refractivity contribution is 0.0889. The van der Waals surface area contributed by atoms with E-state index in [2.05, 4.69) is 0 Å². The zero-order chi connectivity index (χ0) is 15.2. The number of ether oxygens (including phenoxy) is 1. The Kier molecular flexibility index (Phi) is 4.89. The topological polar surface area (TPSA) is 26.3 Å². The van der Waals surface area contributed by atoms with Gasteiger partial charge in [0.05, 0.1) is 0 Å². The normalized spacial score (nSPS) is 15.5. The van der Waals surface area contributed by atoms with Crippen LogP contribution in [0.1, 0.15) is 48.0 Å². The summed E-state index contributed by atoms with van der Waals surface area (Å²) in [5.74, 6) is 1.34. The van der Waals surface area contributed by atoms with Crippen molar-refractivity contribution in [1.29, 1.82) is 0 Å². The number of Topliss-reactive ketones (excluding diaryl/α,β-unsaturated/α-hetero) is 1. The van der Waals surface area contributed by atoms with Crippen molar-refractivity contribution in [3.8, 4) is 5.75 Å². The molecule has 0 N–H and O–H groups in total. The quantitative estimate of drug-likeness (QED) is 0.723. The average Bonchev–Trinajstić information content (AvgIpc) is 2.61. The fourth-order valence-electron chi connectivity index (χ4n) is 3.06. The van der Waals surface area contributed by atoms with Crippen molar-refractivity contribution in [2.45, 2.75) is 38.7 Å². The lowest BCUT2D eigenvalue weighted by Crippen LogP contribution is -2.17. The molecule has 1 saturated carbocycles. The molecule has 0 radical (unpaired) electrons. The molecule has 0 heterocycles. The second-order valence-electron chi connectivity index (χ2n) is 6.00. The van der Waals surface area contributed by atoms with Crippen LogP contribution in [0.3, 0.4) is 0 Å². The molecule has 2 aromatic carbocycles. The van der Waals surface area contributed by atoms with Crippen LogP contribution in [0.4, 0.5) is 0 Å². The first kappa shape index (κ1) is 14.8. The molecule has 2 aromatic rings. The molecule has 114 valence electrons. The van der Waals surface area contributed by atoms with E-state index < -0.39 is 0 Å². The summed E-state index contributed by atoms with van der Waals surface area (Å²) in [4.78, 5) is 12.4. The lowest BCUT2D eigenvalue weighted by Gasteiger charge is -2.20. The highest BCUT2D eigenvalue weighted by Crippen LogP contribution is 2.27. The van der Waals surface area contributed by atoms with Crippen molar-refractivity contribution in [2.24, 2.45) is 5.92 Å². The minimum Gasteiger partial charge on any atom is -0.489 e. The largest absolute Gasteiger partial charge is 0.489 e. The van der Waals surface area contributed by atoms with E-state index in [4.69, 9.17) is 4.74 Å². The highest BCUT2D eigenvalue weighted by atomic mass is 16.5.